The standard InChI is InChI=1S/C40H46N6O4/c1-3-38(48)43-35(40(50)46-21-19-45(20-22-46)27-29-9-5-4-6-10-29)23-28-13-15-33(16-14-28)42-39(49)34(26-37(47)36-17-18-41-44(36)2)32-24-30-11-7-8-12-31(30)25-32/h4-18,32,34-35H,3,19-27H2,1-2H3,(H,42,49)(H,43,48)/t34-,35?/m0/s1. The second kappa shape index (κ2) is 16.1. The molecule has 0 spiro atoms. The topological polar surface area (TPSA) is 117 Å². The van der Waals surface area contributed by atoms with Crippen molar-refractivity contribution in [1.29, 1.82) is 0 Å². The van der Waals surface area contributed by atoms with Gasteiger partial charge in [0.1, 0.15) is 11.7 Å². The lowest BCUT2D eigenvalue weighted by Gasteiger charge is -2.36. The van der Waals surface area contributed by atoms with Gasteiger partial charge in [-0.25, -0.2) is 0 Å². The van der Waals surface area contributed by atoms with Crippen LogP contribution in [0.3, 0.4) is 0 Å². The van der Waals surface area contributed by atoms with E-state index in [2.05, 4.69) is 44.9 Å². The van der Waals surface area contributed by atoms with Crippen molar-refractivity contribution < 1.29 is 19.2 Å². The minimum absolute atomic E-state index is 0.00185. The number of nitrogens with one attached hydrogen (secondary N) is 2. The van der Waals surface area contributed by atoms with Crippen LogP contribution in [-0.2, 0) is 47.2 Å². The second-order valence-electron chi connectivity index (χ2n) is 13.5. The zero-order valence-electron chi connectivity index (χ0n) is 28.9. The van der Waals surface area contributed by atoms with Crippen LogP contribution in [0.5, 0.6) is 0 Å². The van der Waals surface area contributed by atoms with Gasteiger partial charge in [-0.15, -0.1) is 0 Å². The van der Waals surface area contributed by atoms with Crippen LogP contribution in [-0.4, -0.2) is 75.3 Å². The third-order valence-corrected chi connectivity index (χ3v) is 10.0. The van der Waals surface area contributed by atoms with Crippen molar-refractivity contribution in [2.24, 2.45) is 18.9 Å². The van der Waals surface area contributed by atoms with Crippen molar-refractivity contribution in [3.8, 4) is 0 Å². The number of aromatic nitrogens is 2. The molecule has 2 atom stereocenters. The predicted molar refractivity (Wildman–Crippen MR) is 192 cm³/mol. The van der Waals surface area contributed by atoms with E-state index in [1.54, 1.807) is 30.9 Å². The van der Waals surface area contributed by atoms with Gasteiger partial charge in [0.2, 0.25) is 17.7 Å². The van der Waals surface area contributed by atoms with Crippen molar-refractivity contribution in [3.05, 3.63) is 119 Å². The van der Waals surface area contributed by atoms with Gasteiger partial charge in [-0.2, -0.15) is 5.10 Å². The van der Waals surface area contributed by atoms with Gasteiger partial charge in [0.15, 0.2) is 5.78 Å². The molecule has 0 saturated carbocycles. The van der Waals surface area contributed by atoms with Crippen LogP contribution in [0.25, 0.3) is 0 Å². The minimum atomic E-state index is -0.685. The van der Waals surface area contributed by atoms with Gasteiger partial charge in [0.25, 0.3) is 0 Å². The Kier molecular flexibility index (Phi) is 11.2. The van der Waals surface area contributed by atoms with E-state index in [1.165, 1.54) is 16.7 Å². The SMILES string of the molecule is CCC(=O)NC(Cc1ccc(NC(=O)[C@@H](CC(=O)c2ccnn2C)C2Cc3ccccc3C2)cc1)C(=O)N1CCN(Cc2ccccc2)CC1. The molecule has 50 heavy (non-hydrogen) atoms. The molecule has 2 heterocycles. The van der Waals surface area contributed by atoms with Crippen molar-refractivity contribution in [3.63, 3.8) is 0 Å². The number of aryl methyl sites for hydroxylation is 1. The molecule has 1 unspecified atom stereocenters. The van der Waals surface area contributed by atoms with Crippen molar-refractivity contribution >= 4 is 29.2 Å². The van der Waals surface area contributed by atoms with Crippen LogP contribution in [0.2, 0.25) is 0 Å². The maximum absolute atomic E-state index is 13.9. The highest BCUT2D eigenvalue weighted by Gasteiger charge is 2.35. The Morgan fingerprint density at radius 1 is 0.820 bits per heavy atom. The summed E-state index contributed by atoms with van der Waals surface area (Å²) in [4.78, 5) is 57.6. The Morgan fingerprint density at radius 3 is 2.10 bits per heavy atom. The molecule has 1 aliphatic heterocycles. The van der Waals surface area contributed by atoms with Gasteiger partial charge >= 0.3 is 0 Å². The quantitative estimate of drug-likeness (QED) is 0.203. The van der Waals surface area contributed by atoms with Crippen LogP contribution in [0.1, 0.15) is 52.5 Å². The number of anilines is 1. The molecule has 1 fully saturated rings. The number of fused-ring (bicyclic) bond motifs is 1. The number of amides is 3. The van der Waals surface area contributed by atoms with Crippen molar-refractivity contribution in [2.45, 2.75) is 51.6 Å². The average Bonchev–Trinajstić information content (AvgIpc) is 3.77. The highest BCUT2D eigenvalue weighted by molar-refractivity contribution is 6.00. The van der Waals surface area contributed by atoms with E-state index in [0.717, 1.165) is 38.0 Å². The molecule has 0 radical (unpaired) electrons. The van der Waals surface area contributed by atoms with Gasteiger partial charge in [-0.05, 0) is 59.2 Å². The largest absolute Gasteiger partial charge is 0.344 e. The van der Waals surface area contributed by atoms with Gasteiger partial charge < -0.3 is 15.5 Å². The Hall–Kier alpha value is -5.09. The first-order valence-electron chi connectivity index (χ1n) is 17.6. The van der Waals surface area contributed by atoms with Crippen LogP contribution >= 0.6 is 0 Å². The lowest BCUT2D eigenvalue weighted by Crippen LogP contribution is -2.55. The third-order valence-electron chi connectivity index (χ3n) is 10.0. The van der Waals surface area contributed by atoms with E-state index in [1.807, 2.05) is 59.5 Å². The van der Waals surface area contributed by atoms with Gasteiger partial charge in [0, 0.05) is 76.8 Å². The number of ketones is 1. The molecule has 3 aromatic carbocycles. The molecule has 10 nitrogen and oxygen atoms in total. The molecule has 1 saturated heterocycles. The number of carbonyl (C=O) groups is 4. The smallest absolute Gasteiger partial charge is 0.245 e. The fraction of sp³-hybridized carbons (Fsp3) is 0.375. The Balaban J connectivity index is 1.09. The van der Waals surface area contributed by atoms with E-state index >= 15 is 0 Å². The summed E-state index contributed by atoms with van der Waals surface area (Å²) < 4.78 is 1.55. The maximum atomic E-state index is 13.9. The van der Waals surface area contributed by atoms with Crippen molar-refractivity contribution in [2.75, 3.05) is 31.5 Å². The number of nitrogens with zero attached hydrogens (tertiary/aromatic N) is 4. The normalized spacial score (nSPS) is 16.0. The molecule has 1 aliphatic carbocycles. The second-order valence-corrected chi connectivity index (χ2v) is 13.5. The van der Waals surface area contributed by atoms with Gasteiger partial charge in [-0.3, -0.25) is 28.8 Å². The lowest BCUT2D eigenvalue weighted by molar-refractivity contribution is -0.138. The summed E-state index contributed by atoms with van der Waals surface area (Å²) >= 11 is 0. The van der Waals surface area contributed by atoms with Crippen LogP contribution in [0, 0.1) is 11.8 Å². The summed E-state index contributed by atoms with van der Waals surface area (Å²) in [5.41, 5.74) is 5.66. The minimum Gasteiger partial charge on any atom is -0.344 e. The number of Topliss-reactive ketones (excluding diaryl/α,β-unsaturated/α-hetero) is 1. The molecule has 10 heteroatoms. The van der Waals surface area contributed by atoms with Gasteiger partial charge in [0.05, 0.1) is 0 Å². The number of carbonyl (C=O) groups excluding carboxylic acids is 4. The fourth-order valence-corrected chi connectivity index (χ4v) is 7.18. The third kappa shape index (κ3) is 8.55. The molecule has 260 valence electrons. The first-order chi connectivity index (χ1) is 24.3. The fourth-order valence-electron chi connectivity index (χ4n) is 7.18. The zero-order chi connectivity index (χ0) is 35.0. The summed E-state index contributed by atoms with van der Waals surface area (Å²) in [6.07, 6.45) is 3.79. The van der Waals surface area contributed by atoms with Crippen LogP contribution in [0.4, 0.5) is 5.69 Å². The number of hydrogen-bond donors (Lipinski definition) is 2. The lowest BCUT2D eigenvalue weighted by atomic mass is 9.84. The number of rotatable bonds is 13. The average molecular weight is 675 g/mol. The van der Waals surface area contributed by atoms with Crippen molar-refractivity contribution in [1.82, 2.24) is 24.9 Å². The Bertz CT molecular complexity index is 1770. The first kappa shape index (κ1) is 34.8. The molecule has 3 amide bonds. The monoisotopic (exact) mass is 674 g/mol. The number of piperazine rings is 1. The molecule has 1 aromatic heterocycles. The maximum Gasteiger partial charge on any atom is 0.245 e. The number of benzene rings is 3. The summed E-state index contributed by atoms with van der Waals surface area (Å²) in [5.74, 6) is -1.08. The molecule has 6 rings (SSSR count). The zero-order valence-corrected chi connectivity index (χ0v) is 28.9. The van der Waals surface area contributed by atoms with Gasteiger partial charge in [-0.1, -0.05) is 73.7 Å². The van der Waals surface area contributed by atoms with E-state index in [0.29, 0.717) is 30.9 Å². The van der Waals surface area contributed by atoms with Crippen LogP contribution in [0.15, 0.2) is 91.1 Å². The van der Waals surface area contributed by atoms with Crippen LogP contribution < -0.4 is 10.6 Å². The highest BCUT2D eigenvalue weighted by atomic mass is 16.2. The first-order valence-corrected chi connectivity index (χ1v) is 17.6. The molecule has 2 aliphatic rings. The summed E-state index contributed by atoms with van der Waals surface area (Å²) in [6.45, 7) is 5.36. The highest BCUT2D eigenvalue weighted by Crippen LogP contribution is 2.34. The van der Waals surface area contributed by atoms with E-state index < -0.39 is 12.0 Å². The predicted octanol–water partition coefficient (Wildman–Crippen LogP) is 4.44. The van der Waals surface area contributed by atoms with E-state index in [9.17, 15) is 19.2 Å². The molecular weight excluding hydrogens is 628 g/mol. The summed E-state index contributed by atoms with van der Waals surface area (Å²) in [6, 6.07) is 26.9. The summed E-state index contributed by atoms with van der Waals surface area (Å²) in [5, 5.41) is 10.1. The number of hydrogen-bond acceptors (Lipinski definition) is 6. The summed E-state index contributed by atoms with van der Waals surface area (Å²) in [7, 11) is 1.73. The Labute approximate surface area is 293 Å². The van der Waals surface area contributed by atoms with E-state index in [-0.39, 0.29) is 42.3 Å². The molecular formula is C40H46N6O4. The molecule has 4 aromatic rings. The molecule has 2 N–H and O–H groups in total. The van der Waals surface area contributed by atoms with E-state index in [4.69, 9.17) is 0 Å². The Morgan fingerprint density at radius 2 is 1.48 bits per heavy atom. The molecule has 0 bridgehead atoms.